The molecule has 1 N–H and O–H groups in total. The predicted octanol–water partition coefficient (Wildman–Crippen LogP) is 3.70. The second kappa shape index (κ2) is 10.8. The molecule has 3 atom stereocenters. The van der Waals surface area contributed by atoms with E-state index in [1.54, 1.807) is 18.2 Å². The summed E-state index contributed by atoms with van der Waals surface area (Å²) in [7, 11) is -8.06. The van der Waals surface area contributed by atoms with Crippen molar-refractivity contribution in [1.29, 1.82) is 0 Å². The number of ether oxygens (including phenoxy) is 1. The van der Waals surface area contributed by atoms with E-state index in [1.807, 2.05) is 0 Å². The Balaban J connectivity index is 2.01. The van der Waals surface area contributed by atoms with Crippen molar-refractivity contribution in [2.45, 2.75) is 39.7 Å². The maximum atomic E-state index is 13.5. The van der Waals surface area contributed by atoms with Gasteiger partial charge in [-0.3, -0.25) is 4.79 Å². The first-order valence-corrected chi connectivity index (χ1v) is 13.9. The van der Waals surface area contributed by atoms with E-state index in [0.29, 0.717) is 6.54 Å². The van der Waals surface area contributed by atoms with Crippen molar-refractivity contribution in [3.05, 3.63) is 71.8 Å². The van der Waals surface area contributed by atoms with Crippen molar-refractivity contribution in [2.24, 2.45) is 5.92 Å². The van der Waals surface area contributed by atoms with Gasteiger partial charge in [0.1, 0.15) is 5.25 Å². The van der Waals surface area contributed by atoms with E-state index in [1.165, 1.54) is 36.4 Å². The summed E-state index contributed by atoms with van der Waals surface area (Å²) in [6.07, 6.45) is 3.01. The minimum atomic E-state index is -4.16. The topological polar surface area (TPSA) is 107 Å². The van der Waals surface area contributed by atoms with Crippen molar-refractivity contribution in [3.8, 4) is 0 Å². The van der Waals surface area contributed by atoms with Gasteiger partial charge in [0.15, 0.2) is 9.84 Å². The van der Waals surface area contributed by atoms with Crippen LogP contribution < -0.4 is 5.32 Å². The normalized spacial score (nSPS) is 18.8. The molecule has 1 aliphatic heterocycles. The molecule has 0 radical (unpaired) electrons. The van der Waals surface area contributed by atoms with Crippen LogP contribution in [0.15, 0.2) is 71.0 Å². The summed E-state index contributed by atoms with van der Waals surface area (Å²) < 4.78 is 58.2. The molecule has 0 amide bonds. The second-order valence-corrected chi connectivity index (χ2v) is 12.4. The number of carbonyl (C=O) groups excluding carboxylic acids is 1. The van der Waals surface area contributed by atoms with Crippen molar-refractivity contribution < 1.29 is 26.4 Å². The van der Waals surface area contributed by atoms with Gasteiger partial charge in [0, 0.05) is 11.4 Å². The number of piperidine rings is 1. The molecule has 3 unspecified atom stereocenters. The van der Waals surface area contributed by atoms with Crippen LogP contribution in [0, 0.1) is 5.92 Å². The van der Waals surface area contributed by atoms with Crippen LogP contribution in [0.3, 0.4) is 0 Å². The first-order chi connectivity index (χ1) is 15.7. The molecule has 178 valence electrons. The summed E-state index contributed by atoms with van der Waals surface area (Å²) in [4.78, 5) is 11.1. The van der Waals surface area contributed by atoms with E-state index in [2.05, 4.69) is 11.9 Å². The molecule has 1 saturated heterocycles. The van der Waals surface area contributed by atoms with Crippen LogP contribution >= 0.6 is 11.6 Å². The van der Waals surface area contributed by atoms with E-state index in [-0.39, 0.29) is 39.2 Å². The van der Waals surface area contributed by atoms with Gasteiger partial charge in [-0.1, -0.05) is 35.9 Å². The van der Waals surface area contributed by atoms with Gasteiger partial charge in [-0.2, -0.15) is 0 Å². The van der Waals surface area contributed by atoms with Gasteiger partial charge in [0.25, 0.3) is 6.47 Å². The highest BCUT2D eigenvalue weighted by atomic mass is 35.5. The van der Waals surface area contributed by atoms with E-state index < -0.39 is 30.4 Å². The summed E-state index contributed by atoms with van der Waals surface area (Å²) in [6, 6.07) is 11.7. The Labute approximate surface area is 199 Å². The van der Waals surface area contributed by atoms with Crippen LogP contribution in [-0.4, -0.2) is 41.8 Å². The van der Waals surface area contributed by atoms with Gasteiger partial charge in [-0.05, 0) is 67.7 Å². The molecule has 33 heavy (non-hydrogen) atoms. The fourth-order valence-corrected chi connectivity index (χ4v) is 7.47. The molecule has 10 heteroatoms. The number of hydrogen-bond acceptors (Lipinski definition) is 7. The van der Waals surface area contributed by atoms with Gasteiger partial charge in [-0.15, -0.1) is 6.58 Å². The van der Waals surface area contributed by atoms with Gasteiger partial charge < -0.3 is 10.1 Å². The minimum Gasteiger partial charge on any atom is -0.448 e. The Hall–Kier alpha value is -2.20. The van der Waals surface area contributed by atoms with E-state index in [4.69, 9.17) is 16.3 Å². The first-order valence-electron chi connectivity index (χ1n) is 10.5. The molecule has 7 nitrogen and oxygen atoms in total. The summed E-state index contributed by atoms with van der Waals surface area (Å²) in [5, 5.41) is 1.92. The summed E-state index contributed by atoms with van der Waals surface area (Å²) >= 11 is 6.32. The van der Waals surface area contributed by atoms with Crippen molar-refractivity contribution in [2.75, 3.05) is 13.1 Å². The molecule has 2 aromatic rings. The van der Waals surface area contributed by atoms with Gasteiger partial charge in [0.05, 0.1) is 9.79 Å². The quantitative estimate of drug-likeness (QED) is 0.383. The number of rotatable bonds is 10. The second-order valence-electron chi connectivity index (χ2n) is 7.86. The Morgan fingerprint density at radius 2 is 1.85 bits per heavy atom. The standard InChI is InChI=1S/C23H26ClNO6S2/c1-2-22(33(29,30)23(31-16-26)13-17-7-6-12-25-15-17)20-14-19(10-11-21(20)24)32(27,28)18-8-4-3-5-9-18/h2-5,8-11,14,16-17,22-23,25H,1,6-7,12-13,15H2. The monoisotopic (exact) mass is 511 g/mol. The highest BCUT2D eigenvalue weighted by Gasteiger charge is 2.38. The lowest BCUT2D eigenvalue weighted by atomic mass is 9.97. The number of halogens is 1. The van der Waals surface area contributed by atoms with Crippen molar-refractivity contribution in [3.63, 3.8) is 0 Å². The van der Waals surface area contributed by atoms with Crippen LogP contribution in [0.5, 0.6) is 0 Å². The number of carbonyl (C=O) groups is 1. The van der Waals surface area contributed by atoms with Crippen LogP contribution in [0.4, 0.5) is 0 Å². The molecule has 0 aromatic heterocycles. The third kappa shape index (κ3) is 5.66. The average molecular weight is 512 g/mol. The maximum absolute atomic E-state index is 13.5. The number of hydrogen-bond donors (Lipinski definition) is 1. The summed E-state index contributed by atoms with van der Waals surface area (Å²) in [5.74, 6) is 0.0178. The lowest BCUT2D eigenvalue weighted by Gasteiger charge is -2.28. The van der Waals surface area contributed by atoms with E-state index >= 15 is 0 Å². The summed E-state index contributed by atoms with van der Waals surface area (Å²) in [6.45, 7) is 5.24. The minimum absolute atomic E-state index is 0.0178. The highest BCUT2D eigenvalue weighted by Crippen LogP contribution is 2.37. The van der Waals surface area contributed by atoms with Crippen LogP contribution in [0.2, 0.25) is 5.02 Å². The Morgan fingerprint density at radius 1 is 1.12 bits per heavy atom. The first kappa shape index (κ1) is 25.4. The average Bonchev–Trinajstić information content (AvgIpc) is 2.81. The molecule has 0 aliphatic carbocycles. The smallest absolute Gasteiger partial charge is 0.294 e. The highest BCUT2D eigenvalue weighted by molar-refractivity contribution is 7.92. The lowest BCUT2D eigenvalue weighted by Crippen LogP contribution is -2.36. The number of sulfone groups is 2. The Morgan fingerprint density at radius 3 is 2.45 bits per heavy atom. The van der Waals surface area contributed by atoms with Crippen molar-refractivity contribution in [1.82, 2.24) is 5.32 Å². The SMILES string of the molecule is C=CC(c1cc(S(=O)(=O)c2ccccc2)ccc1Cl)S(=O)(=O)C(CC1CCCNC1)OC=O. The zero-order valence-corrected chi connectivity index (χ0v) is 20.3. The zero-order valence-electron chi connectivity index (χ0n) is 17.9. The van der Waals surface area contributed by atoms with Crippen LogP contribution in [0.25, 0.3) is 0 Å². The molecule has 1 heterocycles. The zero-order chi connectivity index (χ0) is 24.1. The maximum Gasteiger partial charge on any atom is 0.294 e. The van der Waals surface area contributed by atoms with Crippen molar-refractivity contribution >= 4 is 37.7 Å². The molecular formula is C23H26ClNO6S2. The number of nitrogens with one attached hydrogen (secondary N) is 1. The third-order valence-corrected chi connectivity index (χ3v) is 10.0. The molecule has 0 spiro atoms. The molecular weight excluding hydrogens is 486 g/mol. The Bertz CT molecular complexity index is 1190. The molecule has 1 aliphatic rings. The van der Waals surface area contributed by atoms with Crippen LogP contribution in [0.1, 0.15) is 30.1 Å². The largest absolute Gasteiger partial charge is 0.448 e. The molecule has 1 fully saturated rings. The van der Waals surface area contributed by atoms with Crippen LogP contribution in [-0.2, 0) is 29.2 Å². The van der Waals surface area contributed by atoms with E-state index in [0.717, 1.165) is 19.4 Å². The molecule has 3 rings (SSSR count). The number of benzene rings is 2. The molecule has 2 aromatic carbocycles. The Kier molecular flexibility index (Phi) is 8.33. The summed E-state index contributed by atoms with van der Waals surface area (Å²) in [5.41, 5.74) is -1.35. The lowest BCUT2D eigenvalue weighted by molar-refractivity contribution is -0.130. The van der Waals surface area contributed by atoms with E-state index in [9.17, 15) is 21.6 Å². The fourth-order valence-electron chi connectivity index (χ4n) is 3.97. The molecule has 0 saturated carbocycles. The van der Waals surface area contributed by atoms with Gasteiger partial charge >= 0.3 is 0 Å². The molecule has 0 bridgehead atoms. The van der Waals surface area contributed by atoms with Gasteiger partial charge in [0.2, 0.25) is 15.3 Å². The van der Waals surface area contributed by atoms with Gasteiger partial charge in [-0.25, -0.2) is 16.8 Å². The fraction of sp³-hybridized carbons (Fsp3) is 0.348. The third-order valence-electron chi connectivity index (χ3n) is 5.70. The predicted molar refractivity (Wildman–Crippen MR) is 126 cm³/mol.